The summed E-state index contributed by atoms with van der Waals surface area (Å²) in [5.74, 6) is -0.809. The third-order valence-corrected chi connectivity index (χ3v) is 3.73. The first-order chi connectivity index (χ1) is 11.5. The molecule has 0 aliphatic carbocycles. The van der Waals surface area contributed by atoms with Crippen LogP contribution in [0, 0.1) is 0 Å². The van der Waals surface area contributed by atoms with Gasteiger partial charge in [-0.2, -0.15) is 9.78 Å². The number of anilines is 1. The fraction of sp³-hybridized carbons (Fsp3) is 0. The molecule has 0 unspecified atom stereocenters. The summed E-state index contributed by atoms with van der Waals surface area (Å²) in [5, 5.41) is 13.4. The highest BCUT2D eigenvalue weighted by atomic mass is 79.9. The van der Waals surface area contributed by atoms with Crippen LogP contribution in [-0.2, 0) is 0 Å². The van der Waals surface area contributed by atoms with Crippen LogP contribution in [-0.4, -0.2) is 25.8 Å². The Kier molecular flexibility index (Phi) is 4.13. The van der Waals surface area contributed by atoms with Crippen molar-refractivity contribution >= 4 is 27.7 Å². The quantitative estimate of drug-likeness (QED) is 0.714. The van der Waals surface area contributed by atoms with Gasteiger partial charge in [-0.25, -0.2) is 9.78 Å². The summed E-state index contributed by atoms with van der Waals surface area (Å²) in [7, 11) is 0. The number of rotatable bonds is 3. The summed E-state index contributed by atoms with van der Waals surface area (Å²) in [4.78, 5) is 27.3. The van der Waals surface area contributed by atoms with Gasteiger partial charge in [0.1, 0.15) is 5.82 Å². The zero-order valence-electron chi connectivity index (χ0n) is 12.2. The molecule has 0 fully saturated rings. The molecule has 1 aromatic carbocycles. The number of carbonyl (C=O) groups is 1. The van der Waals surface area contributed by atoms with Gasteiger partial charge in [0.2, 0.25) is 0 Å². The van der Waals surface area contributed by atoms with Gasteiger partial charge in [0.25, 0.3) is 5.56 Å². The average Bonchev–Trinajstić information content (AvgIpc) is 2.58. The second-order valence-electron chi connectivity index (χ2n) is 4.91. The van der Waals surface area contributed by atoms with Gasteiger partial charge in [-0.15, -0.1) is 0 Å². The van der Waals surface area contributed by atoms with E-state index in [0.717, 1.165) is 9.15 Å². The van der Waals surface area contributed by atoms with Crippen molar-refractivity contribution in [1.29, 1.82) is 0 Å². The summed E-state index contributed by atoms with van der Waals surface area (Å²) in [6, 6.07) is 10.6. The van der Waals surface area contributed by atoms with Crippen LogP contribution < -0.4 is 11.3 Å². The van der Waals surface area contributed by atoms with Crippen molar-refractivity contribution in [3.05, 3.63) is 69.1 Å². The molecule has 8 heteroatoms. The molecule has 2 aromatic heterocycles. The standard InChI is InChI=1S/C16H11BrN4O3/c17-10-7-12(15(18)19-8-10)13-4-5-14(22)21(20-13)11-3-1-2-9(6-11)16(23)24/h1-8H,(H2,18,19)(H,23,24). The number of hydrogen-bond donors (Lipinski definition) is 2. The van der Waals surface area contributed by atoms with E-state index < -0.39 is 5.97 Å². The molecule has 0 atom stereocenters. The van der Waals surface area contributed by atoms with Crippen molar-refractivity contribution in [2.75, 3.05) is 5.73 Å². The van der Waals surface area contributed by atoms with Crippen molar-refractivity contribution < 1.29 is 9.90 Å². The van der Waals surface area contributed by atoms with Crippen LogP contribution in [0.2, 0.25) is 0 Å². The van der Waals surface area contributed by atoms with E-state index in [-0.39, 0.29) is 16.9 Å². The van der Waals surface area contributed by atoms with E-state index in [0.29, 0.717) is 16.9 Å². The monoisotopic (exact) mass is 386 g/mol. The van der Waals surface area contributed by atoms with Crippen molar-refractivity contribution in [1.82, 2.24) is 14.8 Å². The Balaban J connectivity index is 2.17. The van der Waals surface area contributed by atoms with E-state index in [1.807, 2.05) is 0 Å². The van der Waals surface area contributed by atoms with Gasteiger partial charge in [0, 0.05) is 22.3 Å². The summed E-state index contributed by atoms with van der Waals surface area (Å²) in [5.41, 5.74) is 6.91. The van der Waals surface area contributed by atoms with Crippen molar-refractivity contribution in [2.45, 2.75) is 0 Å². The number of hydrogen-bond acceptors (Lipinski definition) is 5. The molecule has 0 amide bonds. The van der Waals surface area contributed by atoms with Gasteiger partial charge in [-0.3, -0.25) is 4.79 Å². The van der Waals surface area contributed by atoms with Crippen molar-refractivity contribution in [3.8, 4) is 16.9 Å². The molecule has 0 aliphatic heterocycles. The van der Waals surface area contributed by atoms with Gasteiger partial charge in [0.15, 0.2) is 0 Å². The molecule has 0 aliphatic rings. The Morgan fingerprint density at radius 1 is 1.21 bits per heavy atom. The minimum absolute atomic E-state index is 0.0650. The van der Waals surface area contributed by atoms with E-state index in [1.54, 1.807) is 30.5 Å². The van der Waals surface area contributed by atoms with Gasteiger partial charge >= 0.3 is 5.97 Å². The third-order valence-electron chi connectivity index (χ3n) is 3.30. The molecule has 3 rings (SSSR count). The molecule has 3 aromatic rings. The largest absolute Gasteiger partial charge is 0.478 e. The first-order valence-electron chi connectivity index (χ1n) is 6.81. The molecule has 2 heterocycles. The van der Waals surface area contributed by atoms with Gasteiger partial charge in [-0.1, -0.05) is 6.07 Å². The summed E-state index contributed by atoms with van der Waals surface area (Å²) in [6.07, 6.45) is 1.56. The molecule has 24 heavy (non-hydrogen) atoms. The number of nitrogen functional groups attached to an aromatic ring is 1. The lowest BCUT2D eigenvalue weighted by Crippen LogP contribution is -2.20. The Bertz CT molecular complexity index is 1000. The predicted molar refractivity (Wildman–Crippen MR) is 92.1 cm³/mol. The minimum Gasteiger partial charge on any atom is -0.478 e. The lowest BCUT2D eigenvalue weighted by molar-refractivity contribution is 0.0697. The van der Waals surface area contributed by atoms with Crippen molar-refractivity contribution in [2.24, 2.45) is 0 Å². The fourth-order valence-electron chi connectivity index (χ4n) is 2.17. The second kappa shape index (κ2) is 6.25. The number of aromatic carboxylic acids is 1. The second-order valence-corrected chi connectivity index (χ2v) is 5.83. The Morgan fingerprint density at radius 3 is 2.75 bits per heavy atom. The number of halogens is 1. The Hall–Kier alpha value is -3.00. The van der Waals surface area contributed by atoms with Crippen LogP contribution in [0.25, 0.3) is 16.9 Å². The van der Waals surface area contributed by atoms with Gasteiger partial charge in [0.05, 0.1) is 16.9 Å². The molecule has 7 nitrogen and oxygen atoms in total. The number of nitrogens with two attached hydrogens (primary N) is 1. The molecular formula is C16H11BrN4O3. The SMILES string of the molecule is Nc1ncc(Br)cc1-c1ccc(=O)n(-c2cccc(C(=O)O)c2)n1. The van der Waals surface area contributed by atoms with Gasteiger partial charge < -0.3 is 10.8 Å². The number of pyridine rings is 1. The maximum atomic E-state index is 12.1. The molecule has 0 bridgehead atoms. The van der Waals surface area contributed by atoms with E-state index >= 15 is 0 Å². The van der Waals surface area contributed by atoms with E-state index in [1.165, 1.54) is 18.2 Å². The lowest BCUT2D eigenvalue weighted by Gasteiger charge is -2.09. The van der Waals surface area contributed by atoms with Gasteiger partial charge in [-0.05, 0) is 46.3 Å². The molecular weight excluding hydrogens is 376 g/mol. The van der Waals surface area contributed by atoms with E-state index in [4.69, 9.17) is 10.8 Å². The van der Waals surface area contributed by atoms with Crippen LogP contribution in [0.5, 0.6) is 0 Å². The smallest absolute Gasteiger partial charge is 0.335 e. The molecule has 0 radical (unpaired) electrons. The van der Waals surface area contributed by atoms with Crippen LogP contribution in [0.15, 0.2) is 57.9 Å². The molecule has 120 valence electrons. The maximum absolute atomic E-state index is 12.1. The van der Waals surface area contributed by atoms with Crippen LogP contribution in [0.1, 0.15) is 10.4 Å². The van der Waals surface area contributed by atoms with Crippen LogP contribution >= 0.6 is 15.9 Å². The lowest BCUT2D eigenvalue weighted by atomic mass is 10.2. The highest BCUT2D eigenvalue weighted by Gasteiger charge is 2.11. The maximum Gasteiger partial charge on any atom is 0.335 e. The number of aromatic nitrogens is 3. The summed E-state index contributed by atoms with van der Waals surface area (Å²) >= 11 is 3.32. The minimum atomic E-state index is -1.08. The number of nitrogens with zero attached hydrogens (tertiary/aromatic N) is 3. The zero-order valence-corrected chi connectivity index (χ0v) is 13.8. The summed E-state index contributed by atoms with van der Waals surface area (Å²) in [6.45, 7) is 0. The molecule has 3 N–H and O–H groups in total. The Labute approximate surface area is 144 Å². The van der Waals surface area contributed by atoms with Crippen LogP contribution in [0.3, 0.4) is 0 Å². The molecule has 0 saturated carbocycles. The van der Waals surface area contributed by atoms with Crippen LogP contribution in [0.4, 0.5) is 5.82 Å². The van der Waals surface area contributed by atoms with E-state index in [9.17, 15) is 9.59 Å². The molecule has 0 saturated heterocycles. The van der Waals surface area contributed by atoms with E-state index in [2.05, 4.69) is 26.0 Å². The fourth-order valence-corrected chi connectivity index (χ4v) is 2.50. The first-order valence-corrected chi connectivity index (χ1v) is 7.60. The average molecular weight is 387 g/mol. The topological polar surface area (TPSA) is 111 Å². The first kappa shape index (κ1) is 15.9. The summed E-state index contributed by atoms with van der Waals surface area (Å²) < 4.78 is 1.85. The predicted octanol–water partition coefficient (Wildman–Crippen LogP) is 2.34. The number of carboxylic acids is 1. The zero-order chi connectivity index (χ0) is 17.3. The number of benzene rings is 1. The van der Waals surface area contributed by atoms with Crippen molar-refractivity contribution in [3.63, 3.8) is 0 Å². The third kappa shape index (κ3) is 3.04. The highest BCUT2D eigenvalue weighted by Crippen LogP contribution is 2.25. The Morgan fingerprint density at radius 2 is 2.00 bits per heavy atom. The number of carboxylic acid groups (broad SMARTS) is 1. The highest BCUT2D eigenvalue weighted by molar-refractivity contribution is 9.10. The normalized spacial score (nSPS) is 10.5. The molecule has 0 spiro atoms.